The summed E-state index contributed by atoms with van der Waals surface area (Å²) >= 11 is 0. The summed E-state index contributed by atoms with van der Waals surface area (Å²) < 4.78 is 5.25. The minimum absolute atomic E-state index is 0.259. The first-order valence-corrected chi connectivity index (χ1v) is 7.66. The highest BCUT2D eigenvalue weighted by Gasteiger charge is 2.11. The number of benzene rings is 1. The lowest BCUT2D eigenvalue weighted by Gasteiger charge is -2.11. The van der Waals surface area contributed by atoms with Gasteiger partial charge in [0.15, 0.2) is 0 Å². The van der Waals surface area contributed by atoms with Gasteiger partial charge in [-0.1, -0.05) is 19.4 Å². The number of hydrogen-bond acceptors (Lipinski definition) is 5. The number of hydrogen-bond donors (Lipinski definition) is 2. The molecule has 0 atom stereocenters. The van der Waals surface area contributed by atoms with Crippen molar-refractivity contribution in [1.82, 2.24) is 9.97 Å². The normalized spacial score (nSPS) is 10.2. The number of carbonyl (C=O) groups excluding carboxylic acids is 1. The Balaban J connectivity index is 2.05. The van der Waals surface area contributed by atoms with Gasteiger partial charge in [-0.3, -0.25) is 4.79 Å². The summed E-state index contributed by atoms with van der Waals surface area (Å²) in [4.78, 5) is 20.6. The van der Waals surface area contributed by atoms with Crippen LogP contribution in [0.5, 0.6) is 5.75 Å². The van der Waals surface area contributed by atoms with E-state index in [0.717, 1.165) is 24.9 Å². The van der Waals surface area contributed by atoms with Crippen LogP contribution in [-0.4, -0.2) is 29.5 Å². The second kappa shape index (κ2) is 8.12. The fourth-order valence-corrected chi connectivity index (χ4v) is 2.04. The molecule has 2 aromatic rings. The smallest absolute Gasteiger partial charge is 0.275 e. The lowest BCUT2D eigenvalue weighted by Crippen LogP contribution is -2.15. The van der Waals surface area contributed by atoms with Crippen LogP contribution in [0.4, 0.5) is 11.5 Å². The Hall–Kier alpha value is -2.63. The van der Waals surface area contributed by atoms with Crippen LogP contribution in [0, 0.1) is 6.92 Å². The van der Waals surface area contributed by atoms with E-state index in [-0.39, 0.29) is 11.6 Å². The molecule has 1 aromatic carbocycles. The zero-order valence-electron chi connectivity index (χ0n) is 13.7. The van der Waals surface area contributed by atoms with E-state index in [1.54, 1.807) is 13.3 Å². The summed E-state index contributed by atoms with van der Waals surface area (Å²) in [6, 6.07) is 5.59. The Morgan fingerprint density at radius 3 is 2.74 bits per heavy atom. The van der Waals surface area contributed by atoms with Crippen LogP contribution in [-0.2, 0) is 0 Å². The summed E-state index contributed by atoms with van der Waals surface area (Å²) in [6.07, 6.45) is 5.21. The highest BCUT2D eigenvalue weighted by Crippen LogP contribution is 2.25. The maximum Gasteiger partial charge on any atom is 0.275 e. The van der Waals surface area contributed by atoms with E-state index in [1.165, 1.54) is 6.20 Å². The van der Waals surface area contributed by atoms with Crippen molar-refractivity contribution < 1.29 is 9.53 Å². The lowest BCUT2D eigenvalue weighted by molar-refractivity contribution is 0.102. The van der Waals surface area contributed by atoms with Crippen molar-refractivity contribution in [3.63, 3.8) is 0 Å². The third kappa shape index (κ3) is 4.67. The average molecular weight is 314 g/mol. The molecule has 122 valence electrons. The van der Waals surface area contributed by atoms with Crippen molar-refractivity contribution in [2.24, 2.45) is 0 Å². The second-order valence-corrected chi connectivity index (χ2v) is 5.23. The molecule has 2 rings (SSSR count). The number of anilines is 2. The van der Waals surface area contributed by atoms with Crippen molar-refractivity contribution in [3.05, 3.63) is 41.9 Å². The van der Waals surface area contributed by atoms with Crippen molar-refractivity contribution in [3.8, 4) is 5.75 Å². The molecule has 1 heterocycles. The molecule has 23 heavy (non-hydrogen) atoms. The molecule has 0 saturated carbocycles. The highest BCUT2D eigenvalue weighted by molar-refractivity contribution is 6.03. The van der Waals surface area contributed by atoms with E-state index in [4.69, 9.17) is 4.74 Å². The average Bonchev–Trinajstić information content (AvgIpc) is 2.56. The largest absolute Gasteiger partial charge is 0.495 e. The Kier molecular flexibility index (Phi) is 5.91. The summed E-state index contributed by atoms with van der Waals surface area (Å²) in [5.41, 5.74) is 1.90. The number of methoxy groups -OCH3 is 1. The molecule has 6 nitrogen and oxygen atoms in total. The monoisotopic (exact) mass is 314 g/mol. The lowest BCUT2D eigenvalue weighted by atomic mass is 10.2. The van der Waals surface area contributed by atoms with Crippen molar-refractivity contribution >= 4 is 17.4 Å². The molecule has 1 aromatic heterocycles. The number of aromatic nitrogens is 2. The molecule has 6 heteroatoms. The zero-order chi connectivity index (χ0) is 16.7. The van der Waals surface area contributed by atoms with E-state index in [0.29, 0.717) is 17.3 Å². The van der Waals surface area contributed by atoms with Gasteiger partial charge < -0.3 is 15.4 Å². The first-order valence-electron chi connectivity index (χ1n) is 7.66. The van der Waals surface area contributed by atoms with Crippen LogP contribution < -0.4 is 15.4 Å². The fourth-order valence-electron chi connectivity index (χ4n) is 2.04. The number of ether oxygens (including phenoxy) is 1. The molecule has 2 N–H and O–H groups in total. The van der Waals surface area contributed by atoms with E-state index in [1.807, 2.05) is 25.1 Å². The van der Waals surface area contributed by atoms with Crippen LogP contribution in [0.25, 0.3) is 0 Å². The molecule has 0 radical (unpaired) electrons. The third-order valence-corrected chi connectivity index (χ3v) is 3.32. The van der Waals surface area contributed by atoms with Crippen LogP contribution in [0.3, 0.4) is 0 Å². The molecular formula is C17H22N4O2. The standard InChI is InChI=1S/C17H22N4O2/c1-4-5-8-18-16-11-19-14(10-20-16)17(22)21-13-9-12(2)6-7-15(13)23-3/h6-7,9-11H,4-5,8H2,1-3H3,(H,18,20)(H,21,22). The summed E-state index contributed by atoms with van der Waals surface area (Å²) in [5, 5.41) is 5.97. The fraction of sp³-hybridized carbons (Fsp3) is 0.353. The van der Waals surface area contributed by atoms with Gasteiger partial charge in [-0.25, -0.2) is 9.97 Å². The van der Waals surface area contributed by atoms with Crippen LogP contribution in [0.15, 0.2) is 30.6 Å². The van der Waals surface area contributed by atoms with Gasteiger partial charge in [-0.2, -0.15) is 0 Å². The van der Waals surface area contributed by atoms with Crippen molar-refractivity contribution in [1.29, 1.82) is 0 Å². The summed E-state index contributed by atoms with van der Waals surface area (Å²) in [7, 11) is 1.57. The van der Waals surface area contributed by atoms with Crippen molar-refractivity contribution in [2.45, 2.75) is 26.7 Å². The number of unbranched alkanes of at least 4 members (excludes halogenated alkanes) is 1. The van der Waals surface area contributed by atoms with Crippen LogP contribution >= 0.6 is 0 Å². The van der Waals surface area contributed by atoms with Crippen LogP contribution in [0.1, 0.15) is 35.8 Å². The molecular weight excluding hydrogens is 292 g/mol. The van der Waals surface area contributed by atoms with Gasteiger partial charge in [0, 0.05) is 6.54 Å². The third-order valence-electron chi connectivity index (χ3n) is 3.32. The van der Waals surface area contributed by atoms with E-state index in [9.17, 15) is 4.79 Å². The molecule has 0 spiro atoms. The number of amides is 1. The van der Waals surface area contributed by atoms with E-state index < -0.39 is 0 Å². The molecule has 0 saturated heterocycles. The topological polar surface area (TPSA) is 76.1 Å². The summed E-state index contributed by atoms with van der Waals surface area (Å²) in [5.74, 6) is 0.958. The number of nitrogens with zero attached hydrogens (tertiary/aromatic N) is 2. The van der Waals surface area contributed by atoms with E-state index in [2.05, 4.69) is 27.5 Å². The van der Waals surface area contributed by atoms with Crippen LogP contribution in [0.2, 0.25) is 0 Å². The minimum Gasteiger partial charge on any atom is -0.495 e. The molecule has 0 aliphatic heterocycles. The van der Waals surface area contributed by atoms with Crippen molar-refractivity contribution in [2.75, 3.05) is 24.3 Å². The first kappa shape index (κ1) is 16.7. The minimum atomic E-state index is -0.318. The second-order valence-electron chi connectivity index (χ2n) is 5.23. The number of carbonyl (C=O) groups is 1. The Morgan fingerprint density at radius 2 is 2.09 bits per heavy atom. The van der Waals surface area contributed by atoms with E-state index >= 15 is 0 Å². The molecule has 0 aliphatic rings. The molecule has 0 fully saturated rings. The van der Waals surface area contributed by atoms with Gasteiger partial charge in [0.25, 0.3) is 5.91 Å². The maximum absolute atomic E-state index is 12.3. The molecule has 0 bridgehead atoms. The summed E-state index contributed by atoms with van der Waals surface area (Å²) in [6.45, 7) is 4.92. The molecule has 0 unspecified atom stereocenters. The van der Waals surface area contributed by atoms with Gasteiger partial charge >= 0.3 is 0 Å². The number of nitrogens with one attached hydrogen (secondary N) is 2. The maximum atomic E-state index is 12.3. The molecule has 0 aliphatic carbocycles. The molecule has 1 amide bonds. The number of aryl methyl sites for hydroxylation is 1. The quantitative estimate of drug-likeness (QED) is 0.767. The highest BCUT2D eigenvalue weighted by atomic mass is 16.5. The SMILES string of the molecule is CCCCNc1cnc(C(=O)Nc2cc(C)ccc2OC)cn1. The van der Waals surface area contributed by atoms with Gasteiger partial charge in [0.2, 0.25) is 0 Å². The van der Waals surface area contributed by atoms with Gasteiger partial charge in [0.05, 0.1) is 25.2 Å². The van der Waals surface area contributed by atoms with Gasteiger partial charge in [0.1, 0.15) is 17.3 Å². The number of rotatable bonds is 7. The van der Waals surface area contributed by atoms with Gasteiger partial charge in [-0.15, -0.1) is 0 Å². The predicted octanol–water partition coefficient (Wildman–Crippen LogP) is 3.26. The zero-order valence-corrected chi connectivity index (χ0v) is 13.7. The Morgan fingerprint density at radius 1 is 1.26 bits per heavy atom. The Labute approximate surface area is 136 Å². The first-order chi connectivity index (χ1) is 11.1. The predicted molar refractivity (Wildman–Crippen MR) is 91.1 cm³/mol. The van der Waals surface area contributed by atoms with Gasteiger partial charge in [-0.05, 0) is 31.0 Å². The Bertz CT molecular complexity index is 656.